The van der Waals surface area contributed by atoms with Crippen LogP contribution in [0.25, 0.3) is 0 Å². The molecule has 0 spiro atoms. The highest BCUT2D eigenvalue weighted by atomic mass is 35.5. The van der Waals surface area contributed by atoms with Crippen molar-refractivity contribution in [3.05, 3.63) is 12.4 Å². The van der Waals surface area contributed by atoms with Crippen LogP contribution in [0.2, 0.25) is 0 Å². The molecule has 0 amide bonds. The Hall–Kier alpha value is -0.590. The second kappa shape index (κ2) is 5.84. The third kappa shape index (κ3) is 3.43. The zero-order chi connectivity index (χ0) is 13.1. The molecule has 1 aromatic heterocycles. The zero-order valence-corrected chi connectivity index (χ0v) is 11.9. The van der Waals surface area contributed by atoms with Gasteiger partial charge in [0.25, 0.3) is 0 Å². The van der Waals surface area contributed by atoms with Crippen molar-refractivity contribution in [1.82, 2.24) is 14.1 Å². The van der Waals surface area contributed by atoms with Crippen LogP contribution in [0.15, 0.2) is 17.3 Å². The lowest BCUT2D eigenvalue weighted by Crippen LogP contribution is -2.37. The third-order valence-electron chi connectivity index (χ3n) is 2.38. The van der Waals surface area contributed by atoms with Crippen molar-refractivity contribution < 1.29 is 8.42 Å². The van der Waals surface area contributed by atoms with Crippen LogP contribution in [0.4, 0.5) is 0 Å². The molecule has 1 rings (SSSR count). The fourth-order valence-electron chi connectivity index (χ4n) is 1.54. The van der Waals surface area contributed by atoms with E-state index in [9.17, 15) is 8.42 Å². The largest absolute Gasteiger partial charge is 0.274 e. The standard InChI is InChI=1S/C10H18ClN3O2S/c1-9(2)14(6-4-5-11)17(15,16)10-7-12-13(3)8-10/h7-9H,4-6H2,1-3H3. The number of hydrogen-bond donors (Lipinski definition) is 0. The van der Waals surface area contributed by atoms with Gasteiger partial charge in [-0.3, -0.25) is 4.68 Å². The lowest BCUT2D eigenvalue weighted by Gasteiger charge is -2.24. The number of hydrogen-bond acceptors (Lipinski definition) is 3. The van der Waals surface area contributed by atoms with E-state index in [1.807, 2.05) is 13.8 Å². The van der Waals surface area contributed by atoms with Crippen molar-refractivity contribution in [3.63, 3.8) is 0 Å². The number of aryl methyl sites for hydroxylation is 1. The summed E-state index contributed by atoms with van der Waals surface area (Å²) in [6.07, 6.45) is 3.51. The average molecular weight is 280 g/mol. The summed E-state index contributed by atoms with van der Waals surface area (Å²) in [5, 5.41) is 3.89. The molecule has 0 atom stereocenters. The van der Waals surface area contributed by atoms with E-state index >= 15 is 0 Å². The molecule has 5 nitrogen and oxygen atoms in total. The summed E-state index contributed by atoms with van der Waals surface area (Å²) < 4.78 is 27.6. The Labute approximate surface area is 107 Å². The van der Waals surface area contributed by atoms with Crippen LogP contribution in [-0.2, 0) is 17.1 Å². The molecule has 0 radical (unpaired) electrons. The van der Waals surface area contributed by atoms with E-state index < -0.39 is 10.0 Å². The van der Waals surface area contributed by atoms with Gasteiger partial charge in [0.15, 0.2) is 0 Å². The first-order valence-corrected chi connectivity index (χ1v) is 7.43. The van der Waals surface area contributed by atoms with Gasteiger partial charge in [-0.1, -0.05) is 0 Å². The number of aromatic nitrogens is 2. The topological polar surface area (TPSA) is 55.2 Å². The third-order valence-corrected chi connectivity index (χ3v) is 4.67. The summed E-state index contributed by atoms with van der Waals surface area (Å²) in [5.74, 6) is 0.450. The zero-order valence-electron chi connectivity index (χ0n) is 10.3. The highest BCUT2D eigenvalue weighted by molar-refractivity contribution is 7.89. The van der Waals surface area contributed by atoms with Crippen LogP contribution in [0, 0.1) is 0 Å². The summed E-state index contributed by atoms with van der Waals surface area (Å²) in [5.41, 5.74) is 0. The summed E-state index contributed by atoms with van der Waals surface area (Å²) >= 11 is 5.61. The molecule has 0 aliphatic rings. The molecular formula is C10H18ClN3O2S. The van der Waals surface area contributed by atoms with Crippen molar-refractivity contribution in [2.24, 2.45) is 7.05 Å². The minimum Gasteiger partial charge on any atom is -0.274 e. The molecule has 0 aromatic carbocycles. The molecule has 0 aliphatic heterocycles. The van der Waals surface area contributed by atoms with Gasteiger partial charge in [-0.25, -0.2) is 8.42 Å². The van der Waals surface area contributed by atoms with E-state index in [4.69, 9.17) is 11.6 Å². The first kappa shape index (κ1) is 14.5. The van der Waals surface area contributed by atoms with Gasteiger partial charge in [0.1, 0.15) is 4.90 Å². The van der Waals surface area contributed by atoms with E-state index in [2.05, 4.69) is 5.10 Å². The van der Waals surface area contributed by atoms with Crippen molar-refractivity contribution in [2.75, 3.05) is 12.4 Å². The van der Waals surface area contributed by atoms with Crippen LogP contribution in [0.1, 0.15) is 20.3 Å². The molecule has 17 heavy (non-hydrogen) atoms. The van der Waals surface area contributed by atoms with E-state index in [1.165, 1.54) is 21.4 Å². The van der Waals surface area contributed by atoms with Crippen molar-refractivity contribution in [2.45, 2.75) is 31.2 Å². The molecule has 0 bridgehead atoms. The predicted octanol–water partition coefficient (Wildman–Crippen LogP) is 1.45. The number of halogens is 1. The molecule has 0 fully saturated rings. The number of sulfonamides is 1. The smallest absolute Gasteiger partial charge is 0.246 e. The predicted molar refractivity (Wildman–Crippen MR) is 67.6 cm³/mol. The first-order valence-electron chi connectivity index (χ1n) is 5.46. The first-order chi connectivity index (χ1) is 7.89. The summed E-state index contributed by atoms with van der Waals surface area (Å²) in [6.45, 7) is 4.13. The molecule has 0 aliphatic carbocycles. The Morgan fingerprint density at radius 3 is 2.59 bits per heavy atom. The fourth-order valence-corrected chi connectivity index (χ4v) is 3.32. The monoisotopic (exact) mass is 279 g/mol. The lowest BCUT2D eigenvalue weighted by atomic mass is 10.4. The Morgan fingerprint density at radius 2 is 2.18 bits per heavy atom. The highest BCUT2D eigenvalue weighted by Crippen LogP contribution is 2.17. The normalized spacial score (nSPS) is 12.6. The van der Waals surface area contributed by atoms with Crippen LogP contribution >= 0.6 is 11.6 Å². The Bertz CT molecular complexity index is 456. The van der Waals surface area contributed by atoms with Crippen LogP contribution in [0.3, 0.4) is 0 Å². The quantitative estimate of drug-likeness (QED) is 0.741. The molecule has 98 valence electrons. The van der Waals surface area contributed by atoms with Crippen LogP contribution in [0.5, 0.6) is 0 Å². The molecule has 0 saturated carbocycles. The van der Waals surface area contributed by atoms with E-state index in [1.54, 1.807) is 7.05 Å². The Morgan fingerprint density at radius 1 is 1.53 bits per heavy atom. The van der Waals surface area contributed by atoms with Gasteiger partial charge in [0.05, 0.1) is 6.20 Å². The minimum atomic E-state index is -3.46. The second-order valence-electron chi connectivity index (χ2n) is 4.10. The molecule has 7 heteroatoms. The maximum atomic E-state index is 12.3. The minimum absolute atomic E-state index is 0.0941. The van der Waals surface area contributed by atoms with Gasteiger partial charge in [-0.2, -0.15) is 9.40 Å². The van der Waals surface area contributed by atoms with Gasteiger partial charge < -0.3 is 0 Å². The summed E-state index contributed by atoms with van der Waals surface area (Å²) in [6, 6.07) is -0.0941. The van der Waals surface area contributed by atoms with Gasteiger partial charge in [-0.15, -0.1) is 11.6 Å². The van der Waals surface area contributed by atoms with Crippen molar-refractivity contribution in [3.8, 4) is 0 Å². The van der Waals surface area contributed by atoms with Crippen molar-refractivity contribution in [1.29, 1.82) is 0 Å². The fraction of sp³-hybridized carbons (Fsp3) is 0.700. The maximum Gasteiger partial charge on any atom is 0.246 e. The number of alkyl halides is 1. The SMILES string of the molecule is CC(C)N(CCCCl)S(=O)(=O)c1cnn(C)c1. The average Bonchev–Trinajstić information content (AvgIpc) is 2.65. The molecule has 1 heterocycles. The van der Waals surface area contributed by atoms with Crippen LogP contribution in [-0.4, -0.2) is 41.0 Å². The molecular weight excluding hydrogens is 262 g/mol. The molecule has 0 N–H and O–H groups in total. The van der Waals surface area contributed by atoms with Gasteiger partial charge in [0.2, 0.25) is 10.0 Å². The van der Waals surface area contributed by atoms with Crippen LogP contribution < -0.4 is 0 Å². The van der Waals surface area contributed by atoms with Crippen molar-refractivity contribution >= 4 is 21.6 Å². The summed E-state index contributed by atoms with van der Waals surface area (Å²) in [7, 11) is -1.77. The van der Waals surface area contributed by atoms with Gasteiger partial charge in [0, 0.05) is 31.7 Å². The number of rotatable bonds is 6. The van der Waals surface area contributed by atoms with Gasteiger partial charge >= 0.3 is 0 Å². The second-order valence-corrected chi connectivity index (χ2v) is 6.37. The van der Waals surface area contributed by atoms with E-state index in [0.29, 0.717) is 18.8 Å². The van der Waals surface area contributed by atoms with Gasteiger partial charge in [-0.05, 0) is 20.3 Å². The molecule has 0 unspecified atom stereocenters. The van der Waals surface area contributed by atoms with E-state index in [0.717, 1.165) is 0 Å². The Kier molecular flexibility index (Phi) is 4.97. The Balaban J connectivity index is 3.00. The highest BCUT2D eigenvalue weighted by Gasteiger charge is 2.27. The lowest BCUT2D eigenvalue weighted by molar-refractivity contribution is 0.354. The molecule has 0 saturated heterocycles. The number of nitrogens with zero attached hydrogens (tertiary/aromatic N) is 3. The maximum absolute atomic E-state index is 12.3. The molecule has 1 aromatic rings. The van der Waals surface area contributed by atoms with E-state index in [-0.39, 0.29) is 10.9 Å². The summed E-state index contributed by atoms with van der Waals surface area (Å²) in [4.78, 5) is 0.225.